The SMILES string of the molecule is COc1ccc(C(=O)NN=Cc2cc(Br)ccc2OC)cc1. The van der Waals surface area contributed by atoms with Crippen LogP contribution in [0.2, 0.25) is 0 Å². The van der Waals surface area contributed by atoms with Gasteiger partial charge in [0.25, 0.3) is 5.91 Å². The van der Waals surface area contributed by atoms with Gasteiger partial charge in [-0.15, -0.1) is 0 Å². The number of halogens is 1. The monoisotopic (exact) mass is 362 g/mol. The van der Waals surface area contributed by atoms with Crippen LogP contribution in [-0.4, -0.2) is 26.3 Å². The van der Waals surface area contributed by atoms with E-state index in [0.717, 1.165) is 10.0 Å². The number of ether oxygens (including phenoxy) is 2. The van der Waals surface area contributed by atoms with Gasteiger partial charge in [-0.1, -0.05) is 15.9 Å². The number of benzene rings is 2. The normalized spacial score (nSPS) is 10.5. The Bertz CT molecular complexity index is 684. The number of nitrogens with one attached hydrogen (secondary N) is 1. The Morgan fingerprint density at radius 1 is 1.14 bits per heavy atom. The maximum atomic E-state index is 11.9. The number of nitrogens with zero attached hydrogens (tertiary/aromatic N) is 1. The largest absolute Gasteiger partial charge is 0.497 e. The zero-order valence-corrected chi connectivity index (χ0v) is 13.8. The molecular formula is C16H15BrN2O3. The van der Waals surface area contributed by atoms with E-state index in [-0.39, 0.29) is 5.91 Å². The molecule has 0 saturated heterocycles. The Morgan fingerprint density at radius 3 is 2.50 bits per heavy atom. The van der Waals surface area contributed by atoms with Crippen LogP contribution in [0.3, 0.4) is 0 Å². The second-order valence-corrected chi connectivity index (χ2v) is 5.23. The summed E-state index contributed by atoms with van der Waals surface area (Å²) in [6.07, 6.45) is 1.53. The van der Waals surface area contributed by atoms with E-state index in [2.05, 4.69) is 26.5 Å². The Labute approximate surface area is 137 Å². The number of hydrogen-bond acceptors (Lipinski definition) is 4. The molecule has 0 unspecified atom stereocenters. The van der Waals surface area contributed by atoms with Gasteiger partial charge in [-0.2, -0.15) is 5.10 Å². The molecule has 2 rings (SSSR count). The Balaban J connectivity index is 2.05. The van der Waals surface area contributed by atoms with Crippen molar-refractivity contribution in [2.24, 2.45) is 5.10 Å². The summed E-state index contributed by atoms with van der Waals surface area (Å²) in [6, 6.07) is 12.3. The molecule has 114 valence electrons. The molecule has 2 aromatic carbocycles. The third-order valence-corrected chi connectivity index (χ3v) is 3.41. The first-order valence-corrected chi connectivity index (χ1v) is 7.24. The van der Waals surface area contributed by atoms with Crippen LogP contribution in [0.15, 0.2) is 52.0 Å². The van der Waals surface area contributed by atoms with Crippen molar-refractivity contribution in [1.82, 2.24) is 5.43 Å². The van der Waals surface area contributed by atoms with Crippen molar-refractivity contribution >= 4 is 28.1 Å². The third-order valence-electron chi connectivity index (χ3n) is 2.91. The van der Waals surface area contributed by atoms with Gasteiger partial charge in [-0.25, -0.2) is 5.43 Å². The Morgan fingerprint density at radius 2 is 1.86 bits per heavy atom. The number of hydrazone groups is 1. The highest BCUT2D eigenvalue weighted by atomic mass is 79.9. The lowest BCUT2D eigenvalue weighted by Gasteiger charge is -2.05. The quantitative estimate of drug-likeness (QED) is 0.656. The summed E-state index contributed by atoms with van der Waals surface area (Å²) in [6.45, 7) is 0. The van der Waals surface area contributed by atoms with Crippen molar-refractivity contribution in [3.8, 4) is 11.5 Å². The van der Waals surface area contributed by atoms with Crippen molar-refractivity contribution in [3.05, 3.63) is 58.1 Å². The predicted molar refractivity (Wildman–Crippen MR) is 88.7 cm³/mol. The topological polar surface area (TPSA) is 59.9 Å². The molecule has 0 saturated carbocycles. The zero-order valence-electron chi connectivity index (χ0n) is 12.2. The Kier molecular flexibility index (Phi) is 5.55. The van der Waals surface area contributed by atoms with Crippen molar-refractivity contribution in [2.75, 3.05) is 14.2 Å². The molecule has 0 aromatic heterocycles. The molecule has 0 aliphatic carbocycles. The second kappa shape index (κ2) is 7.61. The summed E-state index contributed by atoms with van der Waals surface area (Å²) >= 11 is 3.38. The molecule has 0 bridgehead atoms. The summed E-state index contributed by atoms with van der Waals surface area (Å²) in [7, 11) is 3.15. The van der Waals surface area contributed by atoms with Crippen molar-refractivity contribution in [3.63, 3.8) is 0 Å². The molecule has 0 aliphatic rings. The predicted octanol–water partition coefficient (Wildman–Crippen LogP) is 3.23. The number of carbonyl (C=O) groups excluding carboxylic acids is 1. The maximum absolute atomic E-state index is 11.9. The van der Waals surface area contributed by atoms with Gasteiger partial charge in [0.2, 0.25) is 0 Å². The fraction of sp³-hybridized carbons (Fsp3) is 0.125. The first kappa shape index (κ1) is 16.0. The van der Waals surface area contributed by atoms with E-state index in [1.807, 2.05) is 18.2 Å². The molecule has 0 atom stereocenters. The molecule has 22 heavy (non-hydrogen) atoms. The first-order valence-electron chi connectivity index (χ1n) is 6.45. The number of amides is 1. The number of methoxy groups -OCH3 is 2. The average molecular weight is 363 g/mol. The van der Waals surface area contributed by atoms with Crippen LogP contribution >= 0.6 is 15.9 Å². The molecule has 5 nitrogen and oxygen atoms in total. The second-order valence-electron chi connectivity index (χ2n) is 4.31. The lowest BCUT2D eigenvalue weighted by molar-refractivity contribution is 0.0955. The molecule has 6 heteroatoms. The minimum Gasteiger partial charge on any atom is -0.497 e. The first-order chi connectivity index (χ1) is 10.6. The van der Waals surface area contributed by atoms with Crippen molar-refractivity contribution in [1.29, 1.82) is 0 Å². The van der Waals surface area contributed by atoms with Crippen LogP contribution in [-0.2, 0) is 0 Å². The van der Waals surface area contributed by atoms with Gasteiger partial charge >= 0.3 is 0 Å². The average Bonchev–Trinajstić information content (AvgIpc) is 2.55. The maximum Gasteiger partial charge on any atom is 0.271 e. The van der Waals surface area contributed by atoms with Gasteiger partial charge < -0.3 is 9.47 Å². The molecule has 0 spiro atoms. The van der Waals surface area contributed by atoms with E-state index < -0.39 is 0 Å². The van der Waals surface area contributed by atoms with Crippen LogP contribution in [0.1, 0.15) is 15.9 Å². The minimum atomic E-state index is -0.298. The third kappa shape index (κ3) is 4.08. The summed E-state index contributed by atoms with van der Waals surface area (Å²) in [4.78, 5) is 11.9. The van der Waals surface area contributed by atoms with Crippen LogP contribution < -0.4 is 14.9 Å². The van der Waals surface area contributed by atoms with E-state index in [1.165, 1.54) is 6.21 Å². The summed E-state index contributed by atoms with van der Waals surface area (Å²) in [5.74, 6) is 1.07. The standard InChI is InChI=1S/C16H15BrN2O3/c1-21-14-6-3-11(4-7-14)16(20)19-18-10-12-9-13(17)5-8-15(12)22-2/h3-10H,1-2H3,(H,19,20). The van der Waals surface area contributed by atoms with Gasteiger partial charge in [0.1, 0.15) is 11.5 Å². The molecule has 0 fully saturated rings. The molecule has 0 aliphatic heterocycles. The van der Waals surface area contributed by atoms with Gasteiger partial charge in [0.15, 0.2) is 0 Å². The molecule has 1 amide bonds. The summed E-state index contributed by atoms with van der Waals surface area (Å²) < 4.78 is 11.2. The van der Waals surface area contributed by atoms with Crippen molar-refractivity contribution in [2.45, 2.75) is 0 Å². The smallest absolute Gasteiger partial charge is 0.271 e. The van der Waals surface area contributed by atoms with E-state index in [1.54, 1.807) is 38.5 Å². The van der Waals surface area contributed by atoms with Crippen LogP contribution in [0.4, 0.5) is 0 Å². The lowest BCUT2D eigenvalue weighted by atomic mass is 10.2. The molecular weight excluding hydrogens is 348 g/mol. The molecule has 0 radical (unpaired) electrons. The van der Waals surface area contributed by atoms with E-state index in [9.17, 15) is 4.79 Å². The molecule has 0 heterocycles. The fourth-order valence-corrected chi connectivity index (χ4v) is 2.15. The zero-order chi connectivity index (χ0) is 15.9. The highest BCUT2D eigenvalue weighted by Crippen LogP contribution is 2.21. The summed E-state index contributed by atoms with van der Waals surface area (Å²) in [5.41, 5.74) is 3.73. The lowest BCUT2D eigenvalue weighted by Crippen LogP contribution is -2.17. The highest BCUT2D eigenvalue weighted by molar-refractivity contribution is 9.10. The molecule has 1 N–H and O–H groups in total. The fourth-order valence-electron chi connectivity index (χ4n) is 1.77. The van der Waals surface area contributed by atoms with Crippen LogP contribution in [0.5, 0.6) is 11.5 Å². The van der Waals surface area contributed by atoms with Crippen LogP contribution in [0.25, 0.3) is 0 Å². The highest BCUT2D eigenvalue weighted by Gasteiger charge is 2.05. The Hall–Kier alpha value is -2.34. The van der Waals surface area contributed by atoms with Crippen molar-refractivity contribution < 1.29 is 14.3 Å². The minimum absolute atomic E-state index is 0.298. The van der Waals surface area contributed by atoms with E-state index >= 15 is 0 Å². The van der Waals surface area contributed by atoms with Gasteiger partial charge in [-0.05, 0) is 42.5 Å². The number of carbonyl (C=O) groups is 1. The number of hydrogen-bond donors (Lipinski definition) is 1. The number of rotatable bonds is 5. The van der Waals surface area contributed by atoms with E-state index in [4.69, 9.17) is 9.47 Å². The van der Waals surface area contributed by atoms with Crippen LogP contribution in [0, 0.1) is 0 Å². The summed E-state index contributed by atoms with van der Waals surface area (Å²) in [5, 5.41) is 3.95. The van der Waals surface area contributed by atoms with Gasteiger partial charge in [-0.3, -0.25) is 4.79 Å². The van der Waals surface area contributed by atoms with Gasteiger partial charge in [0.05, 0.1) is 20.4 Å². The molecule has 2 aromatic rings. The van der Waals surface area contributed by atoms with E-state index in [0.29, 0.717) is 17.1 Å². The van der Waals surface area contributed by atoms with Gasteiger partial charge in [0, 0.05) is 15.6 Å².